The molecule has 0 aliphatic heterocycles. The summed E-state index contributed by atoms with van der Waals surface area (Å²) in [7, 11) is 3.26. The first-order chi connectivity index (χ1) is 17.9. The van der Waals surface area contributed by atoms with Gasteiger partial charge in [0.05, 0.1) is 18.2 Å². The van der Waals surface area contributed by atoms with Crippen LogP contribution in [0.3, 0.4) is 0 Å². The second-order valence-electron chi connectivity index (χ2n) is 9.01. The number of anilines is 2. The van der Waals surface area contributed by atoms with E-state index in [-0.39, 0.29) is 17.5 Å². The molecule has 190 valence electrons. The van der Waals surface area contributed by atoms with Crippen LogP contribution in [0, 0.1) is 0 Å². The van der Waals surface area contributed by atoms with Crippen LogP contribution in [0.25, 0.3) is 10.9 Å². The Morgan fingerprint density at radius 2 is 1.81 bits per heavy atom. The molecular weight excluding hydrogens is 472 g/mol. The number of carbonyl (C=O) groups is 2. The number of aryl methyl sites for hydroxylation is 1. The first-order valence-corrected chi connectivity index (χ1v) is 12.1. The summed E-state index contributed by atoms with van der Waals surface area (Å²) in [4.78, 5) is 29.1. The molecule has 2 aromatic carbocycles. The largest absolute Gasteiger partial charge is 0.496 e. The molecule has 0 spiro atoms. The third kappa shape index (κ3) is 5.18. The second-order valence-corrected chi connectivity index (χ2v) is 9.01. The zero-order chi connectivity index (χ0) is 25.9. The highest BCUT2D eigenvalue weighted by Gasteiger charge is 2.22. The van der Waals surface area contributed by atoms with Crippen LogP contribution < -0.4 is 25.8 Å². The van der Waals surface area contributed by atoms with Crippen molar-refractivity contribution in [2.24, 2.45) is 12.8 Å². The van der Waals surface area contributed by atoms with Crippen LogP contribution in [0.2, 0.25) is 0 Å². The van der Waals surface area contributed by atoms with E-state index in [4.69, 9.17) is 15.2 Å². The minimum atomic E-state index is -0.602. The van der Waals surface area contributed by atoms with E-state index in [1.165, 1.54) is 7.11 Å². The molecule has 1 fully saturated rings. The molecule has 0 saturated heterocycles. The van der Waals surface area contributed by atoms with Gasteiger partial charge in [-0.15, -0.1) is 0 Å². The maximum absolute atomic E-state index is 12.8. The molecule has 37 heavy (non-hydrogen) atoms. The molecule has 1 aliphatic carbocycles. The van der Waals surface area contributed by atoms with E-state index in [9.17, 15) is 9.59 Å². The third-order valence-corrected chi connectivity index (χ3v) is 6.40. The maximum atomic E-state index is 12.8. The number of nitrogens with one attached hydrogen (secondary N) is 2. The van der Waals surface area contributed by atoms with Gasteiger partial charge in [-0.2, -0.15) is 5.10 Å². The van der Waals surface area contributed by atoms with Gasteiger partial charge < -0.3 is 25.8 Å². The molecule has 4 aromatic rings. The minimum Gasteiger partial charge on any atom is -0.496 e. The quantitative estimate of drug-likeness (QED) is 0.329. The molecule has 2 aromatic heterocycles. The molecule has 0 radical (unpaired) electrons. The number of ether oxygens (including phenoxy) is 2. The lowest BCUT2D eigenvalue weighted by atomic mass is 10.1. The number of pyridine rings is 1. The molecular formula is C27H28N6O4. The van der Waals surface area contributed by atoms with Crippen LogP contribution in [0.15, 0.2) is 54.9 Å². The van der Waals surface area contributed by atoms with E-state index >= 15 is 0 Å². The molecule has 1 aliphatic rings. The van der Waals surface area contributed by atoms with Crippen molar-refractivity contribution in [3.05, 3.63) is 66.0 Å². The van der Waals surface area contributed by atoms with Crippen molar-refractivity contribution in [1.29, 1.82) is 0 Å². The summed E-state index contributed by atoms with van der Waals surface area (Å²) in [6.45, 7) is 0. The summed E-state index contributed by atoms with van der Waals surface area (Å²) in [5, 5.41) is 11.4. The lowest BCUT2D eigenvalue weighted by Crippen LogP contribution is -2.32. The van der Waals surface area contributed by atoms with Crippen molar-refractivity contribution in [3.8, 4) is 17.2 Å². The van der Waals surface area contributed by atoms with Crippen molar-refractivity contribution in [2.75, 3.05) is 12.4 Å². The van der Waals surface area contributed by atoms with Gasteiger partial charge in [0.15, 0.2) is 5.82 Å². The fourth-order valence-electron chi connectivity index (χ4n) is 4.55. The van der Waals surface area contributed by atoms with Crippen LogP contribution in [0.4, 0.5) is 11.5 Å². The molecule has 1 saturated carbocycles. The smallest absolute Gasteiger partial charge is 0.256 e. The Morgan fingerprint density at radius 1 is 1.05 bits per heavy atom. The Morgan fingerprint density at radius 3 is 2.51 bits per heavy atom. The lowest BCUT2D eigenvalue weighted by molar-refractivity contribution is 0.0937. The van der Waals surface area contributed by atoms with Crippen molar-refractivity contribution in [3.63, 3.8) is 0 Å². The number of aromatic nitrogens is 3. The number of hydrogen-bond donors (Lipinski definition) is 3. The molecule has 0 bridgehead atoms. The van der Waals surface area contributed by atoms with Crippen molar-refractivity contribution >= 4 is 34.2 Å². The first-order valence-electron chi connectivity index (χ1n) is 12.1. The molecule has 4 N–H and O–H groups in total. The molecule has 0 atom stereocenters. The summed E-state index contributed by atoms with van der Waals surface area (Å²) < 4.78 is 13.0. The molecule has 10 heteroatoms. The van der Waals surface area contributed by atoms with Gasteiger partial charge >= 0.3 is 0 Å². The van der Waals surface area contributed by atoms with Crippen molar-refractivity contribution in [1.82, 2.24) is 20.1 Å². The SMILES string of the molecule is COc1cc2nccc(Oc3ccc(Nc4nn(C)cc4C(=O)NC4CCCC4)cc3)c2cc1C(N)=O. The maximum Gasteiger partial charge on any atom is 0.256 e. The topological polar surface area (TPSA) is 133 Å². The van der Waals surface area contributed by atoms with E-state index in [1.807, 2.05) is 12.1 Å². The van der Waals surface area contributed by atoms with E-state index in [0.717, 1.165) is 31.4 Å². The Bertz CT molecular complexity index is 1460. The van der Waals surface area contributed by atoms with E-state index < -0.39 is 5.91 Å². The summed E-state index contributed by atoms with van der Waals surface area (Å²) in [6, 6.07) is 12.5. The number of hydrogen-bond acceptors (Lipinski definition) is 7. The van der Waals surface area contributed by atoms with Gasteiger partial charge in [0.25, 0.3) is 11.8 Å². The molecule has 2 amide bonds. The lowest BCUT2D eigenvalue weighted by Gasteiger charge is -2.13. The average Bonchev–Trinajstić information content (AvgIpc) is 3.53. The Balaban J connectivity index is 1.34. The minimum absolute atomic E-state index is 0.126. The summed E-state index contributed by atoms with van der Waals surface area (Å²) in [5.74, 6) is 1.21. The highest BCUT2D eigenvalue weighted by molar-refractivity contribution is 6.01. The third-order valence-electron chi connectivity index (χ3n) is 6.40. The highest BCUT2D eigenvalue weighted by Crippen LogP contribution is 2.33. The number of fused-ring (bicyclic) bond motifs is 1. The Labute approximate surface area is 213 Å². The van der Waals surface area contributed by atoms with Gasteiger partial charge in [0, 0.05) is 42.6 Å². The summed E-state index contributed by atoms with van der Waals surface area (Å²) in [5.41, 5.74) is 7.62. The van der Waals surface area contributed by atoms with Crippen LogP contribution in [0.5, 0.6) is 17.2 Å². The Kier molecular flexibility index (Phi) is 6.63. The number of amides is 2. The number of benzene rings is 2. The van der Waals surface area contributed by atoms with Gasteiger partial charge in [-0.3, -0.25) is 19.3 Å². The molecule has 2 heterocycles. The predicted octanol–water partition coefficient (Wildman–Crippen LogP) is 4.28. The van der Waals surface area contributed by atoms with Gasteiger partial charge in [0.2, 0.25) is 0 Å². The summed E-state index contributed by atoms with van der Waals surface area (Å²) in [6.07, 6.45) is 7.66. The van der Waals surface area contributed by atoms with Gasteiger partial charge in [-0.05, 0) is 49.2 Å². The van der Waals surface area contributed by atoms with Crippen LogP contribution >= 0.6 is 0 Å². The number of methoxy groups -OCH3 is 1. The van der Waals surface area contributed by atoms with Gasteiger partial charge in [-0.25, -0.2) is 0 Å². The van der Waals surface area contributed by atoms with E-state index in [0.29, 0.717) is 39.5 Å². The van der Waals surface area contributed by atoms with Crippen molar-refractivity contribution < 1.29 is 19.1 Å². The number of nitrogens with two attached hydrogens (primary N) is 1. The highest BCUT2D eigenvalue weighted by atomic mass is 16.5. The fourth-order valence-corrected chi connectivity index (χ4v) is 4.55. The number of nitrogens with zero attached hydrogens (tertiary/aromatic N) is 3. The average molecular weight is 501 g/mol. The molecule has 10 nitrogen and oxygen atoms in total. The van der Waals surface area contributed by atoms with Crippen LogP contribution in [0.1, 0.15) is 46.4 Å². The number of rotatable bonds is 8. The monoisotopic (exact) mass is 500 g/mol. The first kappa shape index (κ1) is 24.1. The fraction of sp³-hybridized carbons (Fsp3) is 0.259. The van der Waals surface area contributed by atoms with Crippen LogP contribution in [-0.4, -0.2) is 39.7 Å². The van der Waals surface area contributed by atoms with Gasteiger partial charge in [-0.1, -0.05) is 12.8 Å². The predicted molar refractivity (Wildman–Crippen MR) is 140 cm³/mol. The second kappa shape index (κ2) is 10.2. The normalized spacial score (nSPS) is 13.5. The molecule has 0 unspecified atom stereocenters. The summed E-state index contributed by atoms with van der Waals surface area (Å²) >= 11 is 0. The zero-order valence-electron chi connectivity index (χ0n) is 20.7. The zero-order valence-corrected chi connectivity index (χ0v) is 20.7. The van der Waals surface area contributed by atoms with Gasteiger partial charge in [0.1, 0.15) is 22.8 Å². The Hall–Kier alpha value is -4.60. The van der Waals surface area contributed by atoms with E-state index in [2.05, 4.69) is 20.7 Å². The number of carbonyl (C=O) groups excluding carboxylic acids is 2. The standard InChI is InChI=1S/C27H28N6O4/c1-33-15-21(27(35)31-16-5-3-4-6-16)26(32-33)30-17-7-9-18(10-8-17)37-23-11-12-29-22-14-24(36-2)20(25(28)34)13-19(22)23/h7-16H,3-6H2,1-2H3,(H2,28,34)(H,30,32)(H,31,35). The van der Waals surface area contributed by atoms with Crippen LogP contribution in [-0.2, 0) is 7.05 Å². The number of primary amides is 1. The van der Waals surface area contributed by atoms with Crippen molar-refractivity contribution in [2.45, 2.75) is 31.7 Å². The molecule has 5 rings (SSSR count). The van der Waals surface area contributed by atoms with E-state index in [1.54, 1.807) is 54.5 Å².